The molecular formula is C42H48O22. The Kier molecular flexibility index (Phi) is 14.3. The fraction of sp³-hybridized carbons (Fsp3) is 0.476. The van der Waals surface area contributed by atoms with Crippen LogP contribution >= 0.6 is 0 Å². The highest BCUT2D eigenvalue weighted by molar-refractivity contribution is 5.88. The number of phenolic OH excluding ortho intramolecular Hbond substituents is 3. The van der Waals surface area contributed by atoms with Gasteiger partial charge in [0.25, 0.3) is 0 Å². The maximum absolute atomic E-state index is 13.7. The largest absolute Gasteiger partial charge is 0.507 e. The first kappa shape index (κ1) is 46.8. The minimum absolute atomic E-state index is 0.0623. The summed E-state index contributed by atoms with van der Waals surface area (Å²) in [4.78, 5) is 26.6. The topological polar surface area (TPSA) is 355 Å². The van der Waals surface area contributed by atoms with E-state index in [0.717, 1.165) is 12.1 Å². The van der Waals surface area contributed by atoms with Crippen LogP contribution in [0, 0.1) is 0 Å². The monoisotopic (exact) mass is 904 g/mol. The molecule has 64 heavy (non-hydrogen) atoms. The van der Waals surface area contributed by atoms with Crippen molar-refractivity contribution in [2.75, 3.05) is 26.9 Å². The lowest BCUT2D eigenvalue weighted by atomic mass is 9.89. The minimum atomic E-state index is -2.01. The van der Waals surface area contributed by atoms with Gasteiger partial charge in [0.2, 0.25) is 6.29 Å². The van der Waals surface area contributed by atoms with Crippen molar-refractivity contribution in [3.05, 3.63) is 75.9 Å². The van der Waals surface area contributed by atoms with Crippen LogP contribution in [0.1, 0.15) is 23.7 Å². The number of carbonyl (C=O) groups excluding carboxylic acids is 1. The van der Waals surface area contributed by atoms with Gasteiger partial charge >= 0.3 is 5.97 Å². The Morgan fingerprint density at radius 1 is 0.766 bits per heavy atom. The molecule has 14 unspecified atom stereocenters. The zero-order valence-electron chi connectivity index (χ0n) is 33.8. The van der Waals surface area contributed by atoms with E-state index < -0.39 is 139 Å². The van der Waals surface area contributed by atoms with E-state index in [4.69, 9.17) is 37.6 Å². The van der Waals surface area contributed by atoms with Crippen molar-refractivity contribution in [3.8, 4) is 40.1 Å². The molecule has 3 fully saturated rings. The fourth-order valence-electron chi connectivity index (χ4n) is 7.61. The molecule has 0 aliphatic carbocycles. The molecule has 0 spiro atoms. The molecule has 4 aromatic rings. The van der Waals surface area contributed by atoms with Crippen molar-refractivity contribution >= 4 is 16.9 Å². The SMILES string of the molecule is COc1cc(CCC(=O)OCC2OC(c3c(O)cc4oc(-c5ccc(OC6OC(CO)C(O)C(O)C6O)cc5)cc(=O)c4c3O)C(OC3OCC(O)C(O)C3O)C(O)C2O)ccc1O. The number of carbonyl (C=O) groups is 1. The predicted octanol–water partition coefficient (Wildman–Crippen LogP) is -2.07. The van der Waals surface area contributed by atoms with Crippen molar-refractivity contribution in [1.29, 1.82) is 0 Å². The summed E-state index contributed by atoms with van der Waals surface area (Å²) >= 11 is 0. The van der Waals surface area contributed by atoms with E-state index >= 15 is 0 Å². The van der Waals surface area contributed by atoms with Crippen molar-refractivity contribution in [1.82, 2.24) is 0 Å². The maximum atomic E-state index is 13.7. The number of aliphatic hydroxyl groups is 9. The Balaban J connectivity index is 1.14. The van der Waals surface area contributed by atoms with Gasteiger partial charge in [-0.25, -0.2) is 0 Å². The molecule has 22 heteroatoms. The van der Waals surface area contributed by atoms with E-state index in [1.165, 1.54) is 43.5 Å². The molecule has 22 nitrogen and oxygen atoms in total. The van der Waals surface area contributed by atoms with Crippen LogP contribution in [0.15, 0.2) is 63.8 Å². The van der Waals surface area contributed by atoms with Gasteiger partial charge in [0.05, 0.1) is 25.9 Å². The Labute approximate surface area is 361 Å². The lowest BCUT2D eigenvalue weighted by Crippen LogP contribution is -2.60. The molecule has 14 atom stereocenters. The second kappa shape index (κ2) is 19.5. The third kappa shape index (κ3) is 9.46. The Morgan fingerprint density at radius 2 is 1.47 bits per heavy atom. The van der Waals surface area contributed by atoms with Gasteiger partial charge in [-0.15, -0.1) is 0 Å². The van der Waals surface area contributed by atoms with Crippen LogP contribution < -0.4 is 14.9 Å². The van der Waals surface area contributed by atoms with Gasteiger partial charge in [0, 0.05) is 24.1 Å². The second-order valence-electron chi connectivity index (χ2n) is 15.5. The molecule has 7 rings (SSSR count). The summed E-state index contributed by atoms with van der Waals surface area (Å²) in [5, 5.41) is 126. The van der Waals surface area contributed by atoms with Gasteiger partial charge in [-0.2, -0.15) is 0 Å². The van der Waals surface area contributed by atoms with Crippen LogP contribution in [0.2, 0.25) is 0 Å². The zero-order chi connectivity index (χ0) is 46.1. The number of ether oxygens (including phenoxy) is 7. The molecule has 3 aromatic carbocycles. The van der Waals surface area contributed by atoms with Crippen molar-refractivity contribution in [2.24, 2.45) is 0 Å². The highest BCUT2D eigenvalue weighted by Gasteiger charge is 2.51. The number of methoxy groups -OCH3 is 1. The van der Waals surface area contributed by atoms with Crippen LogP contribution in [-0.2, 0) is 34.9 Å². The predicted molar refractivity (Wildman–Crippen MR) is 212 cm³/mol. The zero-order valence-corrected chi connectivity index (χ0v) is 33.8. The molecule has 0 saturated carbocycles. The molecule has 3 saturated heterocycles. The average Bonchev–Trinajstić information content (AvgIpc) is 3.27. The number of esters is 1. The maximum Gasteiger partial charge on any atom is 0.306 e. The first-order valence-electron chi connectivity index (χ1n) is 20.0. The molecular weight excluding hydrogens is 856 g/mol. The molecule has 0 bridgehead atoms. The number of fused-ring (bicyclic) bond motifs is 1. The second-order valence-corrected chi connectivity index (χ2v) is 15.5. The van der Waals surface area contributed by atoms with E-state index in [9.17, 15) is 70.9 Å². The van der Waals surface area contributed by atoms with Crippen LogP contribution in [0.25, 0.3) is 22.3 Å². The van der Waals surface area contributed by atoms with Gasteiger partial charge in [0.1, 0.15) is 114 Å². The standard InChI is InChI=1S/C42H48O22/c1-57-24-10-16(2-8-19(24)44)3-9-28(48)58-15-27-33(51)36(54)40(64-41-37(55)31(49)22(47)14-59-41)39(62-27)30-21(46)12-25-29(34(30)52)20(45)11-23(61-25)17-4-6-18(7-5-17)60-42-38(56)35(53)32(50)26(13-43)63-42/h2,4-8,10-12,22,26-27,31-33,35-44,46-47,49-56H,3,9,13-15H2,1H3. The summed E-state index contributed by atoms with van der Waals surface area (Å²) in [6.45, 7) is -1.88. The fourth-order valence-corrected chi connectivity index (χ4v) is 7.61. The van der Waals surface area contributed by atoms with Gasteiger partial charge in [-0.1, -0.05) is 6.07 Å². The van der Waals surface area contributed by atoms with Crippen LogP contribution in [0.5, 0.6) is 28.7 Å². The first-order chi connectivity index (χ1) is 30.5. The molecule has 0 amide bonds. The van der Waals surface area contributed by atoms with E-state index in [1.54, 1.807) is 6.07 Å². The van der Waals surface area contributed by atoms with Crippen molar-refractivity contribution in [2.45, 2.75) is 98.7 Å². The van der Waals surface area contributed by atoms with Crippen LogP contribution in [0.3, 0.4) is 0 Å². The van der Waals surface area contributed by atoms with Gasteiger partial charge in [-0.05, 0) is 48.4 Å². The van der Waals surface area contributed by atoms with Crippen LogP contribution in [0.4, 0.5) is 0 Å². The lowest BCUT2D eigenvalue weighted by Gasteiger charge is -2.45. The third-order valence-electron chi connectivity index (χ3n) is 11.2. The number of aliphatic hydroxyl groups excluding tert-OH is 9. The molecule has 1 aromatic heterocycles. The van der Waals surface area contributed by atoms with E-state index in [2.05, 4.69) is 0 Å². The Hall–Kier alpha value is -5.18. The summed E-state index contributed by atoms with van der Waals surface area (Å²) in [5.74, 6) is -2.33. The lowest BCUT2D eigenvalue weighted by molar-refractivity contribution is -0.325. The van der Waals surface area contributed by atoms with Crippen LogP contribution in [-0.4, -0.2) is 174 Å². The third-order valence-corrected chi connectivity index (χ3v) is 11.2. The van der Waals surface area contributed by atoms with E-state index in [1.807, 2.05) is 0 Å². The first-order valence-corrected chi connectivity index (χ1v) is 20.0. The van der Waals surface area contributed by atoms with Gasteiger partial charge < -0.3 is 98.9 Å². The number of aromatic hydroxyl groups is 3. The van der Waals surface area contributed by atoms with E-state index in [0.29, 0.717) is 5.56 Å². The van der Waals surface area contributed by atoms with Gasteiger partial charge in [-0.3, -0.25) is 9.59 Å². The van der Waals surface area contributed by atoms with Gasteiger partial charge in [0.15, 0.2) is 23.2 Å². The molecule has 3 aliphatic rings. The average molecular weight is 905 g/mol. The molecule has 3 aliphatic heterocycles. The highest BCUT2D eigenvalue weighted by Crippen LogP contribution is 2.46. The van der Waals surface area contributed by atoms with Crippen molar-refractivity contribution < 1.29 is 104 Å². The molecule has 4 heterocycles. The summed E-state index contributed by atoms with van der Waals surface area (Å²) in [6.07, 6.45) is -23.7. The summed E-state index contributed by atoms with van der Waals surface area (Å²) < 4.78 is 44.6. The Bertz CT molecular complexity index is 2320. The highest BCUT2D eigenvalue weighted by atomic mass is 16.7. The number of aryl methyl sites for hydroxylation is 1. The smallest absolute Gasteiger partial charge is 0.306 e. The summed E-state index contributed by atoms with van der Waals surface area (Å²) in [6, 6.07) is 12.1. The number of benzene rings is 3. The quantitative estimate of drug-likeness (QED) is 0.0641. The number of phenols is 3. The summed E-state index contributed by atoms with van der Waals surface area (Å²) in [5.41, 5.74) is -0.844. The minimum Gasteiger partial charge on any atom is -0.507 e. The number of rotatable bonds is 13. The molecule has 12 N–H and O–H groups in total. The summed E-state index contributed by atoms with van der Waals surface area (Å²) in [7, 11) is 1.36. The number of hydrogen-bond donors (Lipinski definition) is 12. The number of hydrogen-bond acceptors (Lipinski definition) is 22. The molecule has 348 valence electrons. The van der Waals surface area contributed by atoms with E-state index in [-0.39, 0.29) is 47.0 Å². The Morgan fingerprint density at radius 3 is 2.17 bits per heavy atom. The normalized spacial score (nSPS) is 32.0. The molecule has 0 radical (unpaired) electrons. The van der Waals surface area contributed by atoms with Crippen molar-refractivity contribution in [3.63, 3.8) is 0 Å².